The lowest BCUT2D eigenvalue weighted by molar-refractivity contribution is 0.426. The third-order valence-electron chi connectivity index (χ3n) is 5.59. The highest BCUT2D eigenvalue weighted by atomic mass is 19.1. The van der Waals surface area contributed by atoms with Crippen LogP contribution in [0.15, 0.2) is 36.7 Å². The minimum atomic E-state index is -1.68. The van der Waals surface area contributed by atoms with E-state index in [1.54, 1.807) is 12.3 Å². The normalized spacial score (nSPS) is 24.2. The summed E-state index contributed by atoms with van der Waals surface area (Å²) in [5, 5.41) is 23.0. The number of hydrogen-bond acceptors (Lipinski definition) is 5. The zero-order chi connectivity index (χ0) is 18.1. The summed E-state index contributed by atoms with van der Waals surface area (Å²) in [5.74, 6) is -0.0379. The number of nitrogens with zero attached hydrogens (tertiary/aromatic N) is 4. The average molecular weight is 356 g/mol. The van der Waals surface area contributed by atoms with Gasteiger partial charge in [-0.2, -0.15) is 5.10 Å². The molecule has 1 saturated carbocycles. The molecule has 2 aromatic heterocycles. The fraction of sp³-hybridized carbons (Fsp3) is 0.294. The molecule has 0 bridgehead atoms. The minimum Gasteiger partial charge on any atom is -0.423 e. The fourth-order valence-electron chi connectivity index (χ4n) is 4.31. The van der Waals surface area contributed by atoms with E-state index in [2.05, 4.69) is 10.1 Å². The molecule has 3 aromatic rings. The van der Waals surface area contributed by atoms with Crippen LogP contribution in [-0.2, 0) is 5.54 Å². The van der Waals surface area contributed by atoms with Crippen LogP contribution in [0.25, 0.3) is 5.65 Å². The van der Waals surface area contributed by atoms with Crippen LogP contribution in [0.3, 0.4) is 0 Å². The molecule has 0 spiro atoms. The van der Waals surface area contributed by atoms with E-state index in [-0.39, 0.29) is 11.4 Å². The van der Waals surface area contributed by atoms with Crippen molar-refractivity contribution >= 4 is 24.0 Å². The zero-order valence-electron chi connectivity index (χ0n) is 13.7. The zero-order valence-corrected chi connectivity index (χ0v) is 13.7. The maximum Gasteiger partial charge on any atom is 0.493 e. The van der Waals surface area contributed by atoms with Gasteiger partial charge in [0.2, 0.25) is 0 Å². The molecule has 0 amide bonds. The van der Waals surface area contributed by atoms with Gasteiger partial charge in [0.15, 0.2) is 5.65 Å². The van der Waals surface area contributed by atoms with Crippen molar-refractivity contribution in [3.63, 3.8) is 0 Å². The third-order valence-corrected chi connectivity index (χ3v) is 5.59. The maximum atomic E-state index is 14.5. The van der Waals surface area contributed by atoms with Gasteiger partial charge in [0.25, 0.3) is 0 Å². The number of piperidine rings is 1. The molecular weight excluding hydrogens is 341 g/mol. The summed E-state index contributed by atoms with van der Waals surface area (Å²) < 4.78 is 29.7. The van der Waals surface area contributed by atoms with Crippen molar-refractivity contribution < 1.29 is 18.8 Å². The molecule has 0 radical (unpaired) electrons. The summed E-state index contributed by atoms with van der Waals surface area (Å²) in [7, 11) is -1.68. The van der Waals surface area contributed by atoms with E-state index in [1.165, 1.54) is 22.8 Å². The van der Waals surface area contributed by atoms with Crippen LogP contribution >= 0.6 is 0 Å². The Kier molecular flexibility index (Phi) is 3.17. The van der Waals surface area contributed by atoms with E-state index in [4.69, 9.17) is 0 Å². The van der Waals surface area contributed by atoms with Crippen LogP contribution in [0.4, 0.5) is 14.6 Å². The van der Waals surface area contributed by atoms with Gasteiger partial charge >= 0.3 is 7.12 Å². The van der Waals surface area contributed by atoms with Crippen LogP contribution in [0.5, 0.6) is 0 Å². The molecule has 132 valence electrons. The number of benzene rings is 1. The standard InChI is InChI=1S/C17H15BF2N4O2/c19-11-1-2-14(20)12(7-11)17-8-10(17)3-5-23(17)15-4-6-24-16(22-15)13(9-21-24)18(25)26/h1-2,4,6-7,9-10,25-26H,3,5,8H2/t10-,17+/m0/s1. The highest BCUT2D eigenvalue weighted by Gasteiger charge is 2.64. The lowest BCUT2D eigenvalue weighted by atomic mass is 9.82. The molecule has 26 heavy (non-hydrogen) atoms. The summed E-state index contributed by atoms with van der Waals surface area (Å²) in [6.45, 7) is 0.676. The fourth-order valence-corrected chi connectivity index (χ4v) is 4.31. The predicted octanol–water partition coefficient (Wildman–Crippen LogP) is 0.813. The van der Waals surface area contributed by atoms with Gasteiger partial charge in [-0.15, -0.1) is 0 Å². The first-order valence-corrected chi connectivity index (χ1v) is 8.44. The summed E-state index contributed by atoms with van der Waals surface area (Å²) in [4.78, 5) is 6.52. The van der Waals surface area contributed by atoms with Gasteiger partial charge in [0, 0.05) is 23.8 Å². The van der Waals surface area contributed by atoms with Crippen molar-refractivity contribution in [2.24, 2.45) is 5.92 Å². The lowest BCUT2D eigenvalue weighted by Gasteiger charge is -2.30. The van der Waals surface area contributed by atoms with Crippen LogP contribution in [0.2, 0.25) is 0 Å². The highest BCUT2D eigenvalue weighted by molar-refractivity contribution is 6.60. The monoisotopic (exact) mass is 356 g/mol. The van der Waals surface area contributed by atoms with E-state index in [9.17, 15) is 18.8 Å². The van der Waals surface area contributed by atoms with Crippen LogP contribution in [0, 0.1) is 17.6 Å². The molecule has 9 heteroatoms. The van der Waals surface area contributed by atoms with Gasteiger partial charge in [-0.05, 0) is 43.0 Å². The third kappa shape index (κ3) is 2.04. The van der Waals surface area contributed by atoms with Crippen LogP contribution in [-0.4, -0.2) is 38.3 Å². The predicted molar refractivity (Wildman–Crippen MR) is 90.9 cm³/mol. The van der Waals surface area contributed by atoms with E-state index in [0.717, 1.165) is 18.9 Å². The molecule has 2 N–H and O–H groups in total. The molecule has 1 aliphatic heterocycles. The molecular formula is C17H15BF2N4O2. The Bertz CT molecular complexity index is 1030. The summed E-state index contributed by atoms with van der Waals surface area (Å²) in [6, 6.07) is 5.32. The Morgan fingerprint density at radius 2 is 2.08 bits per heavy atom. The van der Waals surface area contributed by atoms with Crippen molar-refractivity contribution in [1.29, 1.82) is 0 Å². The van der Waals surface area contributed by atoms with Crippen LogP contribution in [0.1, 0.15) is 18.4 Å². The number of rotatable bonds is 3. The van der Waals surface area contributed by atoms with Gasteiger partial charge in [-0.25, -0.2) is 18.3 Å². The molecule has 1 saturated heterocycles. The van der Waals surface area contributed by atoms with Crippen LogP contribution < -0.4 is 10.4 Å². The van der Waals surface area contributed by atoms with E-state index < -0.39 is 24.3 Å². The second kappa shape index (κ2) is 5.24. The molecule has 0 unspecified atom stereocenters. The molecule has 1 aromatic carbocycles. The topological polar surface area (TPSA) is 73.9 Å². The van der Waals surface area contributed by atoms with E-state index >= 15 is 0 Å². The van der Waals surface area contributed by atoms with E-state index in [0.29, 0.717) is 23.6 Å². The summed E-state index contributed by atoms with van der Waals surface area (Å²) >= 11 is 0. The Labute approximate surface area is 147 Å². The Morgan fingerprint density at radius 1 is 1.23 bits per heavy atom. The number of fused-ring (bicyclic) bond motifs is 2. The smallest absolute Gasteiger partial charge is 0.423 e. The second-order valence-corrected chi connectivity index (χ2v) is 6.92. The van der Waals surface area contributed by atoms with Crippen molar-refractivity contribution in [3.8, 4) is 0 Å². The molecule has 6 nitrogen and oxygen atoms in total. The molecule has 5 rings (SSSR count). The van der Waals surface area contributed by atoms with Gasteiger partial charge in [0.1, 0.15) is 17.5 Å². The molecule has 1 aliphatic carbocycles. The molecule has 2 fully saturated rings. The number of aromatic nitrogens is 3. The average Bonchev–Trinajstić information content (AvgIpc) is 3.00. The molecule has 3 heterocycles. The SMILES string of the molecule is OB(O)c1cnn2ccc(N3CC[C@H]4C[C@]43c3cc(F)ccc3F)nc12. The Hall–Kier alpha value is -2.52. The van der Waals surface area contributed by atoms with Gasteiger partial charge in [-0.1, -0.05) is 0 Å². The first-order chi connectivity index (χ1) is 12.5. The van der Waals surface area contributed by atoms with Gasteiger partial charge in [-0.3, -0.25) is 0 Å². The first-order valence-electron chi connectivity index (χ1n) is 8.44. The van der Waals surface area contributed by atoms with Crippen molar-refractivity contribution in [2.45, 2.75) is 18.4 Å². The molecule has 2 aliphatic rings. The summed E-state index contributed by atoms with van der Waals surface area (Å²) in [6.07, 6.45) is 4.64. The van der Waals surface area contributed by atoms with Gasteiger partial charge < -0.3 is 14.9 Å². The second-order valence-electron chi connectivity index (χ2n) is 6.92. The highest BCUT2D eigenvalue weighted by Crippen LogP contribution is 2.63. The van der Waals surface area contributed by atoms with E-state index in [1.807, 2.05) is 4.90 Å². The Balaban J connectivity index is 1.63. The number of halogens is 2. The first kappa shape index (κ1) is 15.7. The minimum absolute atomic E-state index is 0.198. The van der Waals surface area contributed by atoms with Crippen molar-refractivity contribution in [2.75, 3.05) is 11.4 Å². The Morgan fingerprint density at radius 3 is 2.85 bits per heavy atom. The quantitative estimate of drug-likeness (QED) is 0.680. The maximum absolute atomic E-state index is 14.5. The number of anilines is 1. The van der Waals surface area contributed by atoms with Crippen molar-refractivity contribution in [1.82, 2.24) is 14.6 Å². The van der Waals surface area contributed by atoms with Gasteiger partial charge in [0.05, 0.1) is 11.7 Å². The largest absolute Gasteiger partial charge is 0.493 e. The summed E-state index contributed by atoms with van der Waals surface area (Å²) in [5.41, 5.74) is 0.300. The molecule has 2 atom stereocenters. The van der Waals surface area contributed by atoms with Crippen molar-refractivity contribution in [3.05, 3.63) is 53.9 Å². The lowest BCUT2D eigenvalue weighted by Crippen LogP contribution is -2.35. The number of hydrogen-bond donors (Lipinski definition) is 2.